The fourth-order valence-corrected chi connectivity index (χ4v) is 4.87. The van der Waals surface area contributed by atoms with Crippen molar-refractivity contribution in [2.24, 2.45) is 0 Å². The van der Waals surface area contributed by atoms with Crippen molar-refractivity contribution in [2.45, 2.75) is 96.6 Å². The molecule has 1 amide bonds. The average Bonchev–Trinajstić information content (AvgIpc) is 3.02. The van der Waals surface area contributed by atoms with Gasteiger partial charge in [-0.1, -0.05) is 64.7 Å². The molecule has 45 heavy (non-hydrogen) atoms. The van der Waals surface area contributed by atoms with E-state index >= 15 is 0 Å². The number of carbonyl (C=O) groups is 3. The summed E-state index contributed by atoms with van der Waals surface area (Å²) in [6.45, 7) is 2.93. The Bertz CT molecular complexity index is 1400. The predicted molar refractivity (Wildman–Crippen MR) is 173 cm³/mol. The van der Waals surface area contributed by atoms with Crippen molar-refractivity contribution in [3.05, 3.63) is 41.7 Å². The summed E-state index contributed by atoms with van der Waals surface area (Å²) in [6.07, 6.45) is 13.3. The Hall–Kier alpha value is -4.55. The van der Waals surface area contributed by atoms with Gasteiger partial charge in [-0.2, -0.15) is 9.97 Å². The molecule has 0 bridgehead atoms. The van der Waals surface area contributed by atoms with E-state index in [4.69, 9.17) is 16.2 Å². The predicted octanol–water partition coefficient (Wildman–Crippen LogP) is 4.65. The first-order valence-electron chi connectivity index (χ1n) is 15.7. The summed E-state index contributed by atoms with van der Waals surface area (Å²) in [5.41, 5.74) is 13.9. The van der Waals surface area contributed by atoms with E-state index < -0.39 is 23.9 Å². The summed E-state index contributed by atoms with van der Waals surface area (Å²) in [4.78, 5) is 55.3. The van der Waals surface area contributed by atoms with E-state index in [9.17, 15) is 19.5 Å². The molecule has 2 heterocycles. The van der Waals surface area contributed by atoms with E-state index in [0.29, 0.717) is 30.0 Å². The van der Waals surface area contributed by atoms with Gasteiger partial charge >= 0.3 is 11.9 Å². The number of ether oxygens (including phenoxy) is 1. The zero-order valence-electron chi connectivity index (χ0n) is 26.3. The molecule has 1 atom stereocenters. The zero-order valence-corrected chi connectivity index (χ0v) is 26.3. The average molecular weight is 623 g/mol. The van der Waals surface area contributed by atoms with Gasteiger partial charge in [0.1, 0.15) is 6.04 Å². The van der Waals surface area contributed by atoms with Crippen LogP contribution in [0.4, 0.5) is 17.5 Å². The smallest absolute Gasteiger partial charge is 0.326 e. The number of carboxylic acid groups (broad SMARTS) is 1. The van der Waals surface area contributed by atoms with E-state index in [2.05, 4.69) is 32.2 Å². The topological polar surface area (TPSA) is 200 Å². The molecule has 0 aliphatic rings. The van der Waals surface area contributed by atoms with Crippen molar-refractivity contribution in [1.82, 2.24) is 25.3 Å². The largest absolute Gasteiger partial charge is 0.480 e. The molecule has 0 aliphatic heterocycles. The monoisotopic (exact) mass is 622 g/mol. The van der Waals surface area contributed by atoms with Crippen molar-refractivity contribution in [2.75, 3.05) is 30.0 Å². The second-order valence-electron chi connectivity index (χ2n) is 11.2. The highest BCUT2D eigenvalue weighted by Crippen LogP contribution is 2.19. The van der Waals surface area contributed by atoms with Crippen LogP contribution >= 0.6 is 0 Å². The summed E-state index contributed by atoms with van der Waals surface area (Å²) < 4.78 is 5.27. The maximum Gasteiger partial charge on any atom is 0.326 e. The van der Waals surface area contributed by atoms with Crippen molar-refractivity contribution in [3.63, 3.8) is 0 Å². The molecule has 0 aliphatic carbocycles. The minimum atomic E-state index is -1.22. The first-order valence-corrected chi connectivity index (χ1v) is 15.7. The number of nitrogens with zero attached hydrogens (tertiary/aromatic N) is 5. The van der Waals surface area contributed by atoms with E-state index in [-0.39, 0.29) is 30.2 Å². The molecule has 1 unspecified atom stereocenters. The van der Waals surface area contributed by atoms with Crippen LogP contribution in [0.1, 0.15) is 100 Å². The molecule has 13 nitrogen and oxygen atoms in total. The fraction of sp³-hybridized carbons (Fsp3) is 0.531. The molecule has 0 saturated carbocycles. The number of unbranched alkanes of at least 4 members (excludes halogenated alkanes) is 9. The lowest BCUT2D eigenvalue weighted by Gasteiger charge is -2.19. The maximum atomic E-state index is 12.8. The number of nitrogen functional groups attached to an aromatic ring is 2. The van der Waals surface area contributed by atoms with Crippen molar-refractivity contribution in [1.29, 1.82) is 0 Å². The molecular formula is C32H46N8O5. The number of carboxylic acids is 1. The molecule has 0 fully saturated rings. The van der Waals surface area contributed by atoms with E-state index in [1.54, 1.807) is 30.5 Å². The van der Waals surface area contributed by atoms with Gasteiger partial charge in [0.25, 0.3) is 5.91 Å². The lowest BCUT2D eigenvalue weighted by atomic mass is 10.1. The number of hydrogen-bond acceptors (Lipinski definition) is 11. The number of hydrogen-bond donors (Lipinski definition) is 4. The third-order valence-electron chi connectivity index (χ3n) is 7.47. The standard InChI is InChI=1S/C32H46N8O5/c1-3-4-5-6-7-8-9-10-11-12-19-45-26(41)18-17-25(31(43)44)37-30(42)22-13-15-24(16-14-22)40(2)21-23-20-35-29-27(36-23)28(33)38-32(34)39-29/h13-16,20,25H,3-12,17-19,21H2,1-2H3,(H,37,42)(H,43,44)(H4,33,34,35,38,39). The Labute approximate surface area is 264 Å². The van der Waals surface area contributed by atoms with Gasteiger partial charge < -0.3 is 31.5 Å². The van der Waals surface area contributed by atoms with Crippen LogP contribution in [0.2, 0.25) is 0 Å². The second kappa shape index (κ2) is 18.3. The quantitative estimate of drug-likeness (QED) is 0.101. The molecule has 6 N–H and O–H groups in total. The number of nitrogens with one attached hydrogen (secondary N) is 1. The Balaban J connectivity index is 1.39. The van der Waals surface area contributed by atoms with Gasteiger partial charge in [0.05, 0.1) is 25.0 Å². The van der Waals surface area contributed by atoms with Crippen LogP contribution in [0.5, 0.6) is 0 Å². The number of aromatic nitrogens is 4. The minimum absolute atomic E-state index is 0.0234. The van der Waals surface area contributed by atoms with E-state index in [1.165, 1.54) is 44.9 Å². The highest BCUT2D eigenvalue weighted by Gasteiger charge is 2.22. The van der Waals surface area contributed by atoms with Gasteiger partial charge in [-0.3, -0.25) is 9.59 Å². The first kappa shape index (κ1) is 34.9. The fourth-order valence-electron chi connectivity index (χ4n) is 4.87. The lowest BCUT2D eigenvalue weighted by molar-refractivity contribution is -0.144. The minimum Gasteiger partial charge on any atom is -0.480 e. The van der Waals surface area contributed by atoms with Crippen LogP contribution < -0.4 is 21.7 Å². The molecule has 0 saturated heterocycles. The Morgan fingerprint density at radius 2 is 1.58 bits per heavy atom. The zero-order chi connectivity index (χ0) is 32.6. The van der Waals surface area contributed by atoms with Gasteiger partial charge in [-0.25, -0.2) is 14.8 Å². The lowest BCUT2D eigenvalue weighted by Crippen LogP contribution is -2.41. The summed E-state index contributed by atoms with van der Waals surface area (Å²) in [5.74, 6) is -2.06. The number of fused-ring (bicyclic) bond motifs is 1. The Morgan fingerprint density at radius 3 is 2.22 bits per heavy atom. The highest BCUT2D eigenvalue weighted by molar-refractivity contribution is 5.97. The SMILES string of the molecule is CCCCCCCCCCCCOC(=O)CCC(NC(=O)c1ccc(N(C)Cc2cnc3nc(N)nc(N)c3n2)cc1)C(=O)O. The third-order valence-corrected chi connectivity index (χ3v) is 7.47. The van der Waals surface area contributed by atoms with Crippen LogP contribution in [-0.4, -0.2) is 62.6 Å². The molecule has 0 spiro atoms. The van der Waals surface area contributed by atoms with Crippen LogP contribution in [0.15, 0.2) is 30.5 Å². The Morgan fingerprint density at radius 1 is 0.933 bits per heavy atom. The van der Waals surface area contributed by atoms with Crippen molar-refractivity contribution < 1.29 is 24.2 Å². The van der Waals surface area contributed by atoms with Crippen molar-refractivity contribution in [3.8, 4) is 0 Å². The molecule has 3 aromatic rings. The Kier molecular flexibility index (Phi) is 14.2. The molecule has 0 radical (unpaired) electrons. The number of benzene rings is 1. The number of esters is 1. The summed E-state index contributed by atoms with van der Waals surface area (Å²) >= 11 is 0. The maximum absolute atomic E-state index is 12.8. The number of carbonyl (C=O) groups excluding carboxylic acids is 2. The molecule has 13 heteroatoms. The van der Waals surface area contributed by atoms with Crippen LogP contribution in [0.3, 0.4) is 0 Å². The highest BCUT2D eigenvalue weighted by atomic mass is 16.5. The van der Waals surface area contributed by atoms with Gasteiger partial charge in [0.15, 0.2) is 17.0 Å². The summed E-state index contributed by atoms with van der Waals surface area (Å²) in [6, 6.07) is 5.45. The van der Waals surface area contributed by atoms with Gasteiger partial charge in [-0.15, -0.1) is 0 Å². The number of aliphatic carboxylic acids is 1. The third kappa shape index (κ3) is 11.8. The number of amides is 1. The van der Waals surface area contributed by atoms with E-state index in [0.717, 1.165) is 24.9 Å². The number of nitrogens with two attached hydrogens (primary N) is 2. The summed E-state index contributed by atoms with van der Waals surface area (Å²) in [7, 11) is 1.85. The number of rotatable bonds is 20. The molecule has 244 valence electrons. The first-order chi connectivity index (χ1) is 21.7. The van der Waals surface area contributed by atoms with Gasteiger partial charge in [0.2, 0.25) is 5.95 Å². The van der Waals surface area contributed by atoms with E-state index in [1.807, 2.05) is 11.9 Å². The summed E-state index contributed by atoms with van der Waals surface area (Å²) in [5, 5.41) is 12.1. The molecule has 2 aromatic heterocycles. The second-order valence-corrected chi connectivity index (χ2v) is 11.2. The van der Waals surface area contributed by atoms with Gasteiger partial charge in [0, 0.05) is 24.7 Å². The van der Waals surface area contributed by atoms with Crippen molar-refractivity contribution >= 4 is 46.5 Å². The molecular weight excluding hydrogens is 576 g/mol. The normalized spacial score (nSPS) is 11.7. The number of anilines is 3. The van der Waals surface area contributed by atoms with Gasteiger partial charge in [-0.05, 0) is 37.1 Å². The van der Waals surface area contributed by atoms with Crippen LogP contribution in [0.25, 0.3) is 11.2 Å². The van der Waals surface area contributed by atoms with Crippen LogP contribution in [0, 0.1) is 0 Å². The molecule has 3 rings (SSSR count). The molecule has 1 aromatic carbocycles. The van der Waals surface area contributed by atoms with Crippen LogP contribution in [-0.2, 0) is 20.9 Å².